The largest absolute Gasteiger partial charge is 0.310 e. The Morgan fingerprint density at radius 3 is 2.61 bits per heavy atom. The molecule has 1 aliphatic heterocycles. The maximum Gasteiger partial charge on any atom is 0.262 e. The summed E-state index contributed by atoms with van der Waals surface area (Å²) in [6, 6.07) is 6.74. The Hall–Kier alpha value is -2.23. The van der Waals surface area contributed by atoms with Gasteiger partial charge in [-0.05, 0) is 44.7 Å². The highest BCUT2D eigenvalue weighted by Crippen LogP contribution is 2.33. The first-order valence-corrected chi connectivity index (χ1v) is 13.4. The van der Waals surface area contributed by atoms with E-state index in [0.29, 0.717) is 35.5 Å². The first-order chi connectivity index (χ1) is 15.9. The number of rotatable bonds is 4. The first kappa shape index (κ1) is 22.6. The molecule has 1 saturated carbocycles. The summed E-state index contributed by atoms with van der Waals surface area (Å²) < 4.78 is 29.9. The molecule has 0 radical (unpaired) electrons. The van der Waals surface area contributed by atoms with Crippen molar-refractivity contribution in [2.75, 3.05) is 13.1 Å². The topological polar surface area (TPSA) is 101 Å². The summed E-state index contributed by atoms with van der Waals surface area (Å²) >= 11 is 6.19. The van der Waals surface area contributed by atoms with E-state index in [-0.39, 0.29) is 34.0 Å². The fourth-order valence-electron chi connectivity index (χ4n) is 5.18. The standard InChI is InChI=1S/C23H28ClN5O3S/c1-15-20-22(29(27-15)17-9-3-2-4-10-17)25-21(26-23(20)30)16-8-7-13-28(14-16)33(31,32)19-12-6-5-11-18(19)24/h5-6,11-12,16-17H,2-4,7-10,13-14H2,1H3,(H,25,26,30). The number of aryl methyl sites for hydroxylation is 1. The number of sulfonamides is 1. The van der Waals surface area contributed by atoms with Gasteiger partial charge >= 0.3 is 0 Å². The van der Waals surface area contributed by atoms with Crippen LogP contribution >= 0.6 is 11.6 Å². The summed E-state index contributed by atoms with van der Waals surface area (Å²) in [5, 5.41) is 5.41. The minimum Gasteiger partial charge on any atom is -0.310 e. The number of aromatic amines is 1. The van der Waals surface area contributed by atoms with E-state index in [1.807, 2.05) is 11.6 Å². The van der Waals surface area contributed by atoms with Gasteiger partial charge in [0, 0.05) is 19.0 Å². The van der Waals surface area contributed by atoms with Crippen LogP contribution < -0.4 is 5.56 Å². The SMILES string of the molecule is Cc1nn(C2CCCCC2)c2nc(C3CCCN(S(=O)(=O)c4ccccc4Cl)C3)[nH]c(=O)c12. The van der Waals surface area contributed by atoms with E-state index >= 15 is 0 Å². The molecule has 0 amide bonds. The molecule has 8 nitrogen and oxygen atoms in total. The number of benzene rings is 1. The van der Waals surface area contributed by atoms with Gasteiger partial charge in [0.2, 0.25) is 10.0 Å². The van der Waals surface area contributed by atoms with E-state index in [2.05, 4.69) is 10.1 Å². The molecule has 1 saturated heterocycles. The molecule has 3 aromatic rings. The van der Waals surface area contributed by atoms with Gasteiger partial charge in [-0.15, -0.1) is 0 Å². The Labute approximate surface area is 198 Å². The zero-order valence-corrected chi connectivity index (χ0v) is 20.2. The van der Waals surface area contributed by atoms with E-state index < -0.39 is 10.0 Å². The average Bonchev–Trinajstić information content (AvgIpc) is 3.17. The first-order valence-electron chi connectivity index (χ1n) is 11.6. The molecule has 2 aliphatic rings. The minimum absolute atomic E-state index is 0.107. The summed E-state index contributed by atoms with van der Waals surface area (Å²) in [6.45, 7) is 2.50. The maximum absolute atomic E-state index is 13.3. The molecule has 2 fully saturated rings. The Bertz CT molecular complexity index is 1340. The highest BCUT2D eigenvalue weighted by molar-refractivity contribution is 7.89. The molecule has 1 N–H and O–H groups in total. The van der Waals surface area contributed by atoms with E-state index in [4.69, 9.17) is 16.6 Å². The lowest BCUT2D eigenvalue weighted by Crippen LogP contribution is -2.40. The molecular weight excluding hydrogens is 462 g/mol. The van der Waals surface area contributed by atoms with Crippen LogP contribution in [0.3, 0.4) is 0 Å². The van der Waals surface area contributed by atoms with Crippen LogP contribution in [0.4, 0.5) is 0 Å². The van der Waals surface area contributed by atoms with E-state index in [1.54, 1.807) is 18.2 Å². The lowest BCUT2D eigenvalue weighted by Gasteiger charge is -2.31. The van der Waals surface area contributed by atoms with Gasteiger partial charge in [-0.25, -0.2) is 18.1 Å². The van der Waals surface area contributed by atoms with Gasteiger partial charge in [0.25, 0.3) is 5.56 Å². The highest BCUT2D eigenvalue weighted by Gasteiger charge is 2.33. The van der Waals surface area contributed by atoms with Crippen LogP contribution in [-0.2, 0) is 10.0 Å². The van der Waals surface area contributed by atoms with Crippen LogP contribution in [-0.4, -0.2) is 45.6 Å². The van der Waals surface area contributed by atoms with E-state index in [9.17, 15) is 13.2 Å². The second-order valence-electron chi connectivity index (χ2n) is 9.10. The van der Waals surface area contributed by atoms with E-state index in [1.165, 1.54) is 16.8 Å². The van der Waals surface area contributed by atoms with Crippen molar-refractivity contribution in [3.63, 3.8) is 0 Å². The monoisotopic (exact) mass is 489 g/mol. The summed E-state index contributed by atoms with van der Waals surface area (Å²) in [5.74, 6) is 0.326. The number of nitrogens with zero attached hydrogens (tertiary/aromatic N) is 4. The molecule has 0 spiro atoms. The van der Waals surface area contributed by atoms with Crippen molar-refractivity contribution in [2.24, 2.45) is 0 Å². The van der Waals surface area contributed by atoms with Crippen molar-refractivity contribution in [2.45, 2.75) is 68.7 Å². The van der Waals surface area contributed by atoms with E-state index in [0.717, 1.165) is 32.1 Å². The summed E-state index contributed by atoms with van der Waals surface area (Å²) in [5.41, 5.74) is 1.09. The molecule has 2 aromatic heterocycles. The maximum atomic E-state index is 13.3. The van der Waals surface area contributed by atoms with Gasteiger partial charge in [-0.1, -0.05) is 43.0 Å². The third-order valence-corrected chi connectivity index (χ3v) is 9.27. The molecule has 5 rings (SSSR count). The summed E-state index contributed by atoms with van der Waals surface area (Å²) in [4.78, 5) is 20.9. The smallest absolute Gasteiger partial charge is 0.262 e. The molecule has 1 atom stereocenters. The van der Waals surface area contributed by atoms with Gasteiger partial charge < -0.3 is 4.98 Å². The van der Waals surface area contributed by atoms with Crippen LogP contribution in [0.2, 0.25) is 5.02 Å². The Kier molecular flexibility index (Phi) is 6.05. The van der Waals surface area contributed by atoms with Crippen molar-refractivity contribution < 1.29 is 8.42 Å². The van der Waals surface area contributed by atoms with Crippen LogP contribution in [0.5, 0.6) is 0 Å². The molecule has 10 heteroatoms. The van der Waals surface area contributed by atoms with Gasteiger partial charge in [0.15, 0.2) is 5.65 Å². The minimum atomic E-state index is -3.74. The predicted molar refractivity (Wildman–Crippen MR) is 127 cm³/mol. The molecule has 1 unspecified atom stereocenters. The number of hydrogen-bond acceptors (Lipinski definition) is 5. The number of piperidine rings is 1. The molecule has 0 bridgehead atoms. The summed E-state index contributed by atoms with van der Waals surface area (Å²) in [7, 11) is -3.74. The quantitative estimate of drug-likeness (QED) is 0.593. The number of fused-ring (bicyclic) bond motifs is 1. The second kappa shape index (κ2) is 8.85. The molecule has 1 aliphatic carbocycles. The van der Waals surface area contributed by atoms with Crippen molar-refractivity contribution in [1.29, 1.82) is 0 Å². The molecular formula is C23H28ClN5O3S. The zero-order chi connectivity index (χ0) is 23.2. The normalized spacial score (nSPS) is 21.0. The summed E-state index contributed by atoms with van der Waals surface area (Å²) in [6.07, 6.45) is 7.03. The van der Waals surface area contributed by atoms with Gasteiger partial charge in [0.05, 0.1) is 16.8 Å². The van der Waals surface area contributed by atoms with Crippen LogP contribution in [0.15, 0.2) is 34.0 Å². The Balaban J connectivity index is 1.50. The van der Waals surface area contributed by atoms with Crippen molar-refractivity contribution in [3.05, 3.63) is 51.2 Å². The number of halogens is 1. The van der Waals surface area contributed by atoms with Gasteiger partial charge in [-0.3, -0.25) is 4.79 Å². The Morgan fingerprint density at radius 1 is 1.09 bits per heavy atom. The third kappa shape index (κ3) is 4.11. The lowest BCUT2D eigenvalue weighted by molar-refractivity contribution is 0.308. The van der Waals surface area contributed by atoms with Crippen molar-refractivity contribution in [3.8, 4) is 0 Å². The van der Waals surface area contributed by atoms with Crippen LogP contribution in [0.25, 0.3) is 11.0 Å². The van der Waals surface area contributed by atoms with Gasteiger partial charge in [-0.2, -0.15) is 9.40 Å². The second-order valence-corrected chi connectivity index (χ2v) is 11.4. The molecule has 1 aromatic carbocycles. The van der Waals surface area contributed by atoms with Crippen molar-refractivity contribution in [1.82, 2.24) is 24.1 Å². The fourth-order valence-corrected chi connectivity index (χ4v) is 7.20. The molecule has 176 valence electrons. The van der Waals surface area contributed by atoms with Gasteiger partial charge in [0.1, 0.15) is 16.1 Å². The highest BCUT2D eigenvalue weighted by atomic mass is 35.5. The molecule has 3 heterocycles. The predicted octanol–water partition coefficient (Wildman–Crippen LogP) is 4.15. The van der Waals surface area contributed by atoms with Crippen LogP contribution in [0.1, 0.15) is 68.4 Å². The lowest BCUT2D eigenvalue weighted by atomic mass is 9.95. The molecule has 33 heavy (non-hydrogen) atoms. The zero-order valence-electron chi connectivity index (χ0n) is 18.6. The third-order valence-electron chi connectivity index (χ3n) is 6.90. The Morgan fingerprint density at radius 2 is 1.85 bits per heavy atom. The average molecular weight is 490 g/mol. The van der Waals surface area contributed by atoms with Crippen molar-refractivity contribution >= 4 is 32.7 Å². The number of hydrogen-bond donors (Lipinski definition) is 1. The number of H-pyrrole nitrogens is 1. The fraction of sp³-hybridized carbons (Fsp3) is 0.522. The number of aromatic nitrogens is 4. The van der Waals surface area contributed by atoms with Crippen LogP contribution in [0, 0.1) is 6.92 Å². The number of nitrogens with one attached hydrogen (secondary N) is 1.